The average Bonchev–Trinajstić information content (AvgIpc) is 2.21. The molecule has 0 heterocycles. The van der Waals surface area contributed by atoms with Crippen LogP contribution in [0.2, 0.25) is 0 Å². The van der Waals surface area contributed by atoms with Gasteiger partial charge in [-0.1, -0.05) is 0 Å². The molecule has 1 rings (SSSR count). The van der Waals surface area contributed by atoms with Crippen molar-refractivity contribution in [3.63, 3.8) is 0 Å². The van der Waals surface area contributed by atoms with Crippen LogP contribution in [0.3, 0.4) is 0 Å². The zero-order valence-electron chi connectivity index (χ0n) is 7.35. The predicted molar refractivity (Wildman–Crippen MR) is 44.0 cm³/mol. The van der Waals surface area contributed by atoms with Crippen molar-refractivity contribution >= 4 is 0 Å². The lowest BCUT2D eigenvalue weighted by Gasteiger charge is -2.47. The maximum atomic E-state index is 9.62. The molecule has 0 aromatic carbocycles. The van der Waals surface area contributed by atoms with E-state index in [2.05, 4.69) is 0 Å². The summed E-state index contributed by atoms with van der Waals surface area (Å²) in [6.45, 7) is -0.920. The second-order valence-electron chi connectivity index (χ2n) is 3.59. The van der Waals surface area contributed by atoms with E-state index >= 15 is 0 Å². The molecule has 0 amide bonds. The van der Waals surface area contributed by atoms with E-state index in [1.807, 2.05) is 0 Å². The van der Waals surface area contributed by atoms with Gasteiger partial charge in [-0.15, -0.1) is 0 Å². The molecule has 0 aromatic rings. The molecule has 8 N–H and O–H groups in total. The van der Waals surface area contributed by atoms with Crippen LogP contribution in [0.5, 0.6) is 0 Å². The summed E-state index contributed by atoms with van der Waals surface area (Å²) in [4.78, 5) is 0. The molecule has 0 saturated heterocycles. The first kappa shape index (κ1) is 11.8. The minimum atomic E-state index is -2.21. The largest absolute Gasteiger partial charge is 0.393 e. The zero-order chi connectivity index (χ0) is 11.1. The number of hydrogen-bond donors (Lipinski definition) is 7. The van der Waals surface area contributed by atoms with E-state index in [0.717, 1.165) is 0 Å². The van der Waals surface area contributed by atoms with Crippen molar-refractivity contribution in [1.82, 2.24) is 0 Å². The maximum Gasteiger partial charge on any atom is 0.134 e. The fourth-order valence-electron chi connectivity index (χ4n) is 1.59. The molecule has 0 aliphatic heterocycles. The highest BCUT2D eigenvalue weighted by Crippen LogP contribution is 2.28. The minimum absolute atomic E-state index is 0.920. The molecule has 1 aliphatic carbocycles. The van der Waals surface area contributed by atoms with Gasteiger partial charge >= 0.3 is 0 Å². The quantitative estimate of drug-likeness (QED) is 0.230. The summed E-state index contributed by atoms with van der Waals surface area (Å²) in [5.74, 6) is 0. The number of aliphatic hydroxyl groups excluding tert-OH is 5. The highest BCUT2D eigenvalue weighted by atomic mass is 16.4. The van der Waals surface area contributed by atoms with Crippen LogP contribution in [0.1, 0.15) is 0 Å². The maximum absolute atomic E-state index is 9.62. The number of hydrogen-bond acceptors (Lipinski definition) is 7. The lowest BCUT2D eigenvalue weighted by atomic mass is 9.74. The van der Waals surface area contributed by atoms with Crippen LogP contribution in [-0.4, -0.2) is 73.3 Å². The normalized spacial score (nSPS) is 54.6. The Balaban J connectivity index is 2.98. The predicted octanol–water partition coefficient (Wildman–Crippen LogP) is -4.51. The van der Waals surface area contributed by atoms with Gasteiger partial charge in [-0.3, -0.25) is 0 Å². The number of aliphatic hydroxyl groups is 6. The molecule has 84 valence electrons. The van der Waals surface area contributed by atoms with Gasteiger partial charge in [0, 0.05) is 0 Å². The first-order valence-corrected chi connectivity index (χ1v) is 4.17. The van der Waals surface area contributed by atoms with Crippen LogP contribution in [-0.2, 0) is 0 Å². The number of nitrogens with two attached hydrogens (primary N) is 1. The average molecular weight is 209 g/mol. The fourth-order valence-corrected chi connectivity index (χ4v) is 1.59. The molecule has 0 unspecified atom stereocenters. The molecular formula is C7H15NO6. The molecular weight excluding hydrogens is 194 g/mol. The van der Waals surface area contributed by atoms with Crippen LogP contribution in [0.4, 0.5) is 0 Å². The summed E-state index contributed by atoms with van der Waals surface area (Å²) in [6, 6.07) is -1.43. The highest BCUT2D eigenvalue weighted by Gasteiger charge is 2.56. The van der Waals surface area contributed by atoms with Crippen LogP contribution in [0.25, 0.3) is 0 Å². The molecule has 1 saturated carbocycles. The van der Waals surface area contributed by atoms with E-state index in [-0.39, 0.29) is 0 Å². The molecule has 7 heteroatoms. The molecule has 7 nitrogen and oxygen atoms in total. The molecule has 14 heavy (non-hydrogen) atoms. The lowest BCUT2D eigenvalue weighted by molar-refractivity contribution is -0.237. The van der Waals surface area contributed by atoms with E-state index in [4.69, 9.17) is 10.8 Å². The van der Waals surface area contributed by atoms with Gasteiger partial charge in [0.15, 0.2) is 0 Å². The van der Waals surface area contributed by atoms with Gasteiger partial charge in [0.1, 0.15) is 30.0 Å². The van der Waals surface area contributed by atoms with Crippen molar-refractivity contribution in [3.8, 4) is 0 Å². The second kappa shape index (κ2) is 3.70. The van der Waals surface area contributed by atoms with Crippen LogP contribution < -0.4 is 5.73 Å². The van der Waals surface area contributed by atoms with Gasteiger partial charge < -0.3 is 36.4 Å². The van der Waals surface area contributed by atoms with E-state index < -0.39 is 42.7 Å². The Kier molecular flexibility index (Phi) is 3.12. The Hall–Kier alpha value is -0.280. The third-order valence-corrected chi connectivity index (χ3v) is 2.73. The number of rotatable bonds is 1. The van der Waals surface area contributed by atoms with E-state index in [1.54, 1.807) is 0 Å². The summed E-state index contributed by atoms with van der Waals surface area (Å²) in [7, 11) is 0. The minimum Gasteiger partial charge on any atom is -0.393 e. The molecule has 1 fully saturated rings. The van der Waals surface area contributed by atoms with Crippen molar-refractivity contribution in [1.29, 1.82) is 0 Å². The van der Waals surface area contributed by atoms with Gasteiger partial charge in [-0.25, -0.2) is 0 Å². The zero-order valence-corrected chi connectivity index (χ0v) is 7.35. The smallest absolute Gasteiger partial charge is 0.134 e. The SMILES string of the molecule is N[C@@H]1[C@H](O)[C@H](O)[C@H](O)[C@@H](O)[C@]1(O)CO. The monoisotopic (exact) mass is 209 g/mol. The van der Waals surface area contributed by atoms with Gasteiger partial charge in [0.2, 0.25) is 0 Å². The van der Waals surface area contributed by atoms with Crippen molar-refractivity contribution in [2.75, 3.05) is 6.61 Å². The molecule has 0 aromatic heterocycles. The Morgan fingerprint density at radius 2 is 1.50 bits per heavy atom. The molecule has 1 aliphatic rings. The second-order valence-corrected chi connectivity index (χ2v) is 3.59. The van der Waals surface area contributed by atoms with Gasteiger partial charge in [-0.2, -0.15) is 0 Å². The Morgan fingerprint density at radius 1 is 1.00 bits per heavy atom. The van der Waals surface area contributed by atoms with E-state index in [9.17, 15) is 25.5 Å². The van der Waals surface area contributed by atoms with Gasteiger partial charge in [-0.05, 0) is 0 Å². The molecule has 0 spiro atoms. The third kappa shape index (κ3) is 1.43. The van der Waals surface area contributed by atoms with Crippen molar-refractivity contribution < 1.29 is 30.6 Å². The van der Waals surface area contributed by atoms with E-state index in [1.165, 1.54) is 0 Å². The van der Waals surface area contributed by atoms with Crippen LogP contribution >= 0.6 is 0 Å². The molecule has 0 radical (unpaired) electrons. The third-order valence-electron chi connectivity index (χ3n) is 2.73. The topological polar surface area (TPSA) is 147 Å². The first-order valence-electron chi connectivity index (χ1n) is 4.17. The Labute approximate surface area is 80.0 Å². The Bertz CT molecular complexity index is 196. The molecule has 6 atom stereocenters. The summed E-state index contributed by atoms with van der Waals surface area (Å²) in [6.07, 6.45) is -6.81. The summed E-state index contributed by atoms with van der Waals surface area (Å²) >= 11 is 0. The molecule has 0 bridgehead atoms. The van der Waals surface area contributed by atoms with Crippen LogP contribution in [0.15, 0.2) is 0 Å². The summed E-state index contributed by atoms with van der Waals surface area (Å²) in [5.41, 5.74) is 3.11. The Morgan fingerprint density at radius 3 is 1.93 bits per heavy atom. The first-order chi connectivity index (χ1) is 6.36. The summed E-state index contributed by atoms with van der Waals surface area (Å²) in [5, 5.41) is 55.5. The highest BCUT2D eigenvalue weighted by molar-refractivity contribution is 5.09. The van der Waals surface area contributed by atoms with Gasteiger partial charge in [0.25, 0.3) is 0 Å². The van der Waals surface area contributed by atoms with Crippen LogP contribution in [0, 0.1) is 0 Å². The van der Waals surface area contributed by atoms with Crippen molar-refractivity contribution in [3.05, 3.63) is 0 Å². The summed E-state index contributed by atoms with van der Waals surface area (Å²) < 4.78 is 0. The van der Waals surface area contributed by atoms with E-state index in [0.29, 0.717) is 0 Å². The standard InChI is InChI=1S/C7H15NO6/c8-5-3(11)2(10)4(12)6(13)7(5,14)1-9/h2-6,9-14H,1,8H2/t2-,3+,4-,5+,6+,7-/m0/s1. The fraction of sp³-hybridized carbons (Fsp3) is 1.00. The van der Waals surface area contributed by atoms with Crippen molar-refractivity contribution in [2.45, 2.75) is 36.1 Å². The van der Waals surface area contributed by atoms with Crippen molar-refractivity contribution in [2.24, 2.45) is 5.73 Å². The lowest BCUT2D eigenvalue weighted by Crippen LogP contribution is -2.74. The van der Waals surface area contributed by atoms with Gasteiger partial charge in [0.05, 0.1) is 12.6 Å².